The molecule has 126 valence electrons. The smallest absolute Gasteiger partial charge is 0.188 e. The second kappa shape index (κ2) is 10.1. The maximum atomic E-state index is 9.72. The van der Waals surface area contributed by atoms with E-state index in [4.69, 9.17) is 28.4 Å². The molecule has 0 fully saturated rings. The molecule has 0 saturated carbocycles. The van der Waals surface area contributed by atoms with Crippen LogP contribution in [0.4, 0.5) is 0 Å². The highest BCUT2D eigenvalue weighted by atomic mass is 16.7. The Morgan fingerprint density at radius 2 is 1.36 bits per heavy atom. The van der Waals surface area contributed by atoms with Crippen molar-refractivity contribution in [3.63, 3.8) is 0 Å². The number of ether oxygens (including phenoxy) is 6. The van der Waals surface area contributed by atoms with Crippen LogP contribution in [0.25, 0.3) is 0 Å². The molecular formula is C15H24O7. The summed E-state index contributed by atoms with van der Waals surface area (Å²) in [6, 6.07) is 1.65. The molecule has 1 rings (SSSR count). The van der Waals surface area contributed by atoms with Crippen molar-refractivity contribution in [1.82, 2.24) is 0 Å². The van der Waals surface area contributed by atoms with Crippen molar-refractivity contribution in [1.29, 1.82) is 0 Å². The molecule has 7 nitrogen and oxygen atoms in total. The van der Waals surface area contributed by atoms with E-state index in [-0.39, 0.29) is 20.2 Å². The highest BCUT2D eigenvalue weighted by Crippen LogP contribution is 2.45. The van der Waals surface area contributed by atoms with Gasteiger partial charge in [-0.15, -0.1) is 0 Å². The van der Waals surface area contributed by atoms with Gasteiger partial charge in [-0.05, 0) is 13.8 Å². The lowest BCUT2D eigenvalue weighted by Crippen LogP contribution is -2.10. The lowest BCUT2D eigenvalue weighted by Gasteiger charge is -2.20. The molecule has 1 N–H and O–H groups in total. The predicted molar refractivity (Wildman–Crippen MR) is 79.7 cm³/mol. The Hall–Kier alpha value is -1.70. The second-order valence-electron chi connectivity index (χ2n) is 4.14. The molecule has 0 aliphatic carbocycles. The average molecular weight is 316 g/mol. The standard InChI is InChI=1S/C15H24O7/c1-5-19-12-7-13(21-9-17-3)14(20-6-2)11(8-16)15(12)22-10-18-4/h7,16H,5-6,8-10H2,1-4H3. The maximum Gasteiger partial charge on any atom is 0.188 e. The van der Waals surface area contributed by atoms with Crippen LogP contribution >= 0.6 is 0 Å². The van der Waals surface area contributed by atoms with Crippen LogP contribution in [-0.4, -0.2) is 46.1 Å². The van der Waals surface area contributed by atoms with Gasteiger partial charge in [-0.25, -0.2) is 0 Å². The largest absolute Gasteiger partial charge is 0.490 e. The quantitative estimate of drug-likeness (QED) is 0.625. The highest BCUT2D eigenvalue weighted by molar-refractivity contribution is 5.61. The molecule has 0 amide bonds. The minimum Gasteiger partial charge on any atom is -0.490 e. The Bertz CT molecular complexity index is 448. The van der Waals surface area contributed by atoms with Crippen LogP contribution in [0, 0.1) is 0 Å². The normalized spacial score (nSPS) is 10.4. The first-order valence-electron chi connectivity index (χ1n) is 7.03. The summed E-state index contributed by atoms with van der Waals surface area (Å²) in [4.78, 5) is 0. The van der Waals surface area contributed by atoms with Gasteiger partial charge in [0.1, 0.15) is 0 Å². The summed E-state index contributed by atoms with van der Waals surface area (Å²) in [5.74, 6) is 1.63. The summed E-state index contributed by atoms with van der Waals surface area (Å²) in [5, 5.41) is 9.72. The van der Waals surface area contributed by atoms with Crippen LogP contribution < -0.4 is 18.9 Å². The third-order valence-corrected chi connectivity index (χ3v) is 2.66. The van der Waals surface area contributed by atoms with Crippen molar-refractivity contribution in [3.8, 4) is 23.0 Å². The van der Waals surface area contributed by atoms with E-state index in [1.54, 1.807) is 6.07 Å². The molecule has 1 aromatic carbocycles. The van der Waals surface area contributed by atoms with Crippen molar-refractivity contribution in [2.45, 2.75) is 20.5 Å². The number of aliphatic hydroxyl groups is 1. The fourth-order valence-corrected chi connectivity index (χ4v) is 1.87. The van der Waals surface area contributed by atoms with Gasteiger partial charge in [-0.1, -0.05) is 0 Å². The molecule has 1 aromatic rings. The fourth-order valence-electron chi connectivity index (χ4n) is 1.87. The van der Waals surface area contributed by atoms with Crippen molar-refractivity contribution >= 4 is 0 Å². The molecule has 7 heteroatoms. The zero-order valence-electron chi connectivity index (χ0n) is 13.5. The van der Waals surface area contributed by atoms with Gasteiger partial charge in [-0.2, -0.15) is 0 Å². The van der Waals surface area contributed by atoms with Crippen LogP contribution in [0.15, 0.2) is 6.07 Å². The second-order valence-corrected chi connectivity index (χ2v) is 4.14. The lowest BCUT2D eigenvalue weighted by molar-refractivity contribution is 0.0427. The summed E-state index contributed by atoms with van der Waals surface area (Å²) in [6.07, 6.45) is 0. The number of aliphatic hydroxyl groups excluding tert-OH is 1. The van der Waals surface area contributed by atoms with E-state index in [1.807, 2.05) is 13.8 Å². The summed E-state index contributed by atoms with van der Waals surface area (Å²) < 4.78 is 32.0. The van der Waals surface area contributed by atoms with Gasteiger partial charge in [0.25, 0.3) is 0 Å². The number of hydrogen-bond acceptors (Lipinski definition) is 7. The number of hydrogen-bond donors (Lipinski definition) is 1. The predicted octanol–water partition coefficient (Wildman–Crippen LogP) is 1.94. The first-order valence-corrected chi connectivity index (χ1v) is 7.03. The molecule has 0 bridgehead atoms. The minimum absolute atomic E-state index is 0.0247. The zero-order valence-corrected chi connectivity index (χ0v) is 13.5. The van der Waals surface area contributed by atoms with Gasteiger partial charge in [0.2, 0.25) is 0 Å². The summed E-state index contributed by atoms with van der Waals surface area (Å²) in [7, 11) is 3.03. The molecule has 0 spiro atoms. The van der Waals surface area contributed by atoms with Crippen molar-refractivity contribution in [3.05, 3.63) is 11.6 Å². The first kappa shape index (κ1) is 18.3. The van der Waals surface area contributed by atoms with Gasteiger partial charge in [0.15, 0.2) is 36.6 Å². The Balaban J connectivity index is 3.34. The van der Waals surface area contributed by atoms with Crippen LogP contribution in [0.2, 0.25) is 0 Å². The Morgan fingerprint density at radius 3 is 1.91 bits per heavy atom. The number of methoxy groups -OCH3 is 2. The van der Waals surface area contributed by atoms with Crippen LogP contribution in [0.3, 0.4) is 0 Å². The SMILES string of the molecule is CCOc1cc(OCOC)c(OCC)c(CO)c1OCOC. The summed E-state index contributed by atoms with van der Waals surface area (Å²) >= 11 is 0. The molecule has 0 saturated heterocycles. The topological polar surface area (TPSA) is 75.6 Å². The Morgan fingerprint density at radius 1 is 0.818 bits per heavy atom. The average Bonchev–Trinajstić information content (AvgIpc) is 2.53. The third kappa shape index (κ3) is 4.66. The van der Waals surface area contributed by atoms with Crippen LogP contribution in [0.1, 0.15) is 19.4 Å². The Labute approximate surface area is 130 Å². The number of rotatable bonds is 11. The molecule has 22 heavy (non-hydrogen) atoms. The Kier molecular flexibility index (Phi) is 8.42. The molecule has 0 atom stereocenters. The molecule has 0 unspecified atom stereocenters. The third-order valence-electron chi connectivity index (χ3n) is 2.66. The summed E-state index contributed by atoms with van der Waals surface area (Å²) in [6.45, 7) is 4.32. The van der Waals surface area contributed by atoms with Gasteiger partial charge in [0, 0.05) is 20.3 Å². The maximum absolute atomic E-state index is 9.72. The summed E-state index contributed by atoms with van der Waals surface area (Å²) in [5.41, 5.74) is 0.441. The van der Waals surface area contributed by atoms with E-state index in [9.17, 15) is 5.11 Å². The van der Waals surface area contributed by atoms with Crippen molar-refractivity contribution in [2.75, 3.05) is 41.0 Å². The fraction of sp³-hybridized carbons (Fsp3) is 0.600. The van der Waals surface area contributed by atoms with E-state index in [0.29, 0.717) is 41.8 Å². The van der Waals surface area contributed by atoms with Gasteiger partial charge in [-0.3, -0.25) is 0 Å². The van der Waals surface area contributed by atoms with Crippen molar-refractivity contribution in [2.24, 2.45) is 0 Å². The van der Waals surface area contributed by atoms with E-state index < -0.39 is 0 Å². The molecule has 0 radical (unpaired) electrons. The zero-order chi connectivity index (χ0) is 16.4. The van der Waals surface area contributed by atoms with Gasteiger partial charge < -0.3 is 33.5 Å². The monoisotopic (exact) mass is 316 g/mol. The van der Waals surface area contributed by atoms with E-state index in [2.05, 4.69) is 0 Å². The van der Waals surface area contributed by atoms with E-state index >= 15 is 0 Å². The van der Waals surface area contributed by atoms with Crippen molar-refractivity contribution < 1.29 is 33.5 Å². The van der Waals surface area contributed by atoms with E-state index in [1.165, 1.54) is 14.2 Å². The molecule has 0 aliphatic heterocycles. The molecule has 0 aliphatic rings. The van der Waals surface area contributed by atoms with Gasteiger partial charge >= 0.3 is 0 Å². The van der Waals surface area contributed by atoms with Crippen LogP contribution in [-0.2, 0) is 16.1 Å². The molecule has 0 aromatic heterocycles. The highest BCUT2D eigenvalue weighted by Gasteiger charge is 2.22. The van der Waals surface area contributed by atoms with Gasteiger partial charge in [0.05, 0.1) is 25.4 Å². The molecule has 0 heterocycles. The first-order chi connectivity index (χ1) is 10.7. The van der Waals surface area contributed by atoms with E-state index in [0.717, 1.165) is 0 Å². The van der Waals surface area contributed by atoms with Crippen LogP contribution in [0.5, 0.6) is 23.0 Å². The number of benzene rings is 1. The molecular weight excluding hydrogens is 292 g/mol. The minimum atomic E-state index is -0.293. The lowest BCUT2D eigenvalue weighted by atomic mass is 10.1.